The summed E-state index contributed by atoms with van der Waals surface area (Å²) in [5.41, 5.74) is 0. The molecule has 1 aliphatic rings. The standard InChI is InChI=1S/C10H16N4O3S2/c1-2-4-11-10-14-13-9(18-10)8(15)12-7-3-5-19(16,17)6-7/h7H,2-6H2,1H3,(H,11,14)(H,12,15). The van der Waals surface area contributed by atoms with E-state index in [-0.39, 0.29) is 28.5 Å². The molecule has 1 aromatic heterocycles. The molecule has 1 aliphatic heterocycles. The highest BCUT2D eigenvalue weighted by Gasteiger charge is 2.29. The summed E-state index contributed by atoms with van der Waals surface area (Å²) < 4.78 is 22.6. The van der Waals surface area contributed by atoms with Crippen LogP contribution in [0, 0.1) is 0 Å². The van der Waals surface area contributed by atoms with Crippen LogP contribution in [0.3, 0.4) is 0 Å². The molecule has 1 atom stereocenters. The molecule has 0 bridgehead atoms. The number of nitrogens with one attached hydrogen (secondary N) is 2. The number of nitrogens with zero attached hydrogens (tertiary/aromatic N) is 2. The maximum Gasteiger partial charge on any atom is 0.282 e. The number of anilines is 1. The average molecular weight is 304 g/mol. The third-order valence-electron chi connectivity index (χ3n) is 2.71. The molecule has 7 nitrogen and oxygen atoms in total. The zero-order chi connectivity index (χ0) is 13.9. The first-order chi connectivity index (χ1) is 9.00. The van der Waals surface area contributed by atoms with Gasteiger partial charge in [0.2, 0.25) is 10.1 Å². The third kappa shape index (κ3) is 3.87. The van der Waals surface area contributed by atoms with Gasteiger partial charge in [-0.3, -0.25) is 4.79 Å². The molecule has 0 aromatic carbocycles. The number of aromatic nitrogens is 2. The van der Waals surface area contributed by atoms with Crippen molar-refractivity contribution in [1.29, 1.82) is 0 Å². The molecule has 1 saturated heterocycles. The number of amides is 1. The van der Waals surface area contributed by atoms with Gasteiger partial charge in [0.05, 0.1) is 11.5 Å². The molecular formula is C10H16N4O3S2. The van der Waals surface area contributed by atoms with Crippen LogP contribution in [-0.2, 0) is 9.84 Å². The van der Waals surface area contributed by atoms with Crippen molar-refractivity contribution in [2.45, 2.75) is 25.8 Å². The van der Waals surface area contributed by atoms with E-state index in [1.807, 2.05) is 6.92 Å². The Hall–Kier alpha value is -1.22. The van der Waals surface area contributed by atoms with E-state index in [9.17, 15) is 13.2 Å². The minimum Gasteiger partial charge on any atom is -0.360 e. The first-order valence-corrected chi connectivity index (χ1v) is 8.72. The van der Waals surface area contributed by atoms with E-state index in [1.54, 1.807) is 0 Å². The Morgan fingerprint density at radius 1 is 1.47 bits per heavy atom. The molecule has 19 heavy (non-hydrogen) atoms. The maximum atomic E-state index is 11.9. The molecule has 2 N–H and O–H groups in total. The van der Waals surface area contributed by atoms with Gasteiger partial charge in [0, 0.05) is 12.6 Å². The first kappa shape index (κ1) is 14.2. The van der Waals surface area contributed by atoms with Gasteiger partial charge in [0.1, 0.15) is 0 Å². The minimum absolute atomic E-state index is 0.0124. The van der Waals surface area contributed by atoms with E-state index in [2.05, 4.69) is 20.8 Å². The molecule has 0 radical (unpaired) electrons. The Bertz CT molecular complexity index is 555. The van der Waals surface area contributed by atoms with E-state index in [0.717, 1.165) is 13.0 Å². The minimum atomic E-state index is -2.99. The average Bonchev–Trinajstić information content (AvgIpc) is 2.93. The number of sulfone groups is 1. The monoisotopic (exact) mass is 304 g/mol. The van der Waals surface area contributed by atoms with Crippen LogP contribution < -0.4 is 10.6 Å². The molecule has 0 aliphatic carbocycles. The fourth-order valence-corrected chi connectivity index (χ4v) is 4.12. The van der Waals surface area contributed by atoms with Gasteiger partial charge in [-0.05, 0) is 12.8 Å². The quantitative estimate of drug-likeness (QED) is 0.810. The highest BCUT2D eigenvalue weighted by Crippen LogP contribution is 2.16. The second-order valence-corrected chi connectivity index (χ2v) is 7.62. The Morgan fingerprint density at radius 3 is 2.89 bits per heavy atom. The number of hydrogen-bond donors (Lipinski definition) is 2. The fraction of sp³-hybridized carbons (Fsp3) is 0.700. The summed E-state index contributed by atoms with van der Waals surface area (Å²) in [4.78, 5) is 11.9. The van der Waals surface area contributed by atoms with Crippen molar-refractivity contribution in [3.8, 4) is 0 Å². The zero-order valence-electron chi connectivity index (χ0n) is 10.5. The molecule has 0 saturated carbocycles. The normalized spacial score (nSPS) is 21.2. The fourth-order valence-electron chi connectivity index (χ4n) is 1.77. The van der Waals surface area contributed by atoms with Crippen molar-refractivity contribution in [2.24, 2.45) is 0 Å². The van der Waals surface area contributed by atoms with Crippen LogP contribution in [0.1, 0.15) is 29.6 Å². The van der Waals surface area contributed by atoms with Gasteiger partial charge in [-0.2, -0.15) is 0 Å². The lowest BCUT2D eigenvalue weighted by Crippen LogP contribution is -2.35. The molecule has 2 rings (SSSR count). The Morgan fingerprint density at radius 2 is 2.26 bits per heavy atom. The summed E-state index contributed by atoms with van der Waals surface area (Å²) in [6, 6.07) is -0.312. The Labute approximate surface area is 115 Å². The topological polar surface area (TPSA) is 101 Å². The summed E-state index contributed by atoms with van der Waals surface area (Å²) in [6.45, 7) is 2.80. The Balaban J connectivity index is 1.91. The van der Waals surface area contributed by atoms with Gasteiger partial charge in [0.25, 0.3) is 5.91 Å². The lowest BCUT2D eigenvalue weighted by molar-refractivity contribution is 0.0940. The van der Waals surface area contributed by atoms with E-state index < -0.39 is 9.84 Å². The zero-order valence-corrected chi connectivity index (χ0v) is 12.2. The summed E-state index contributed by atoms with van der Waals surface area (Å²) in [5, 5.41) is 14.2. The van der Waals surface area contributed by atoms with Gasteiger partial charge < -0.3 is 10.6 Å². The molecule has 1 fully saturated rings. The predicted molar refractivity (Wildman–Crippen MR) is 73.2 cm³/mol. The summed E-state index contributed by atoms with van der Waals surface area (Å²) in [7, 11) is -2.99. The van der Waals surface area contributed by atoms with Crippen LogP contribution >= 0.6 is 11.3 Å². The predicted octanol–water partition coefficient (Wildman–Crippen LogP) is 0.277. The van der Waals surface area contributed by atoms with Crippen LogP contribution in [-0.4, -0.2) is 48.6 Å². The van der Waals surface area contributed by atoms with Gasteiger partial charge in [0.15, 0.2) is 9.84 Å². The van der Waals surface area contributed by atoms with Gasteiger partial charge in [-0.25, -0.2) is 8.42 Å². The molecule has 1 aromatic rings. The highest BCUT2D eigenvalue weighted by molar-refractivity contribution is 7.91. The van der Waals surface area contributed by atoms with Gasteiger partial charge in [-0.1, -0.05) is 18.3 Å². The van der Waals surface area contributed by atoms with E-state index in [0.29, 0.717) is 11.6 Å². The van der Waals surface area contributed by atoms with E-state index >= 15 is 0 Å². The van der Waals surface area contributed by atoms with Crippen molar-refractivity contribution < 1.29 is 13.2 Å². The number of rotatable bonds is 5. The molecule has 9 heteroatoms. The smallest absolute Gasteiger partial charge is 0.282 e. The summed E-state index contributed by atoms with van der Waals surface area (Å²) >= 11 is 1.17. The van der Waals surface area contributed by atoms with Crippen LogP contribution in [0.25, 0.3) is 0 Å². The second-order valence-electron chi connectivity index (χ2n) is 4.41. The Kier molecular flexibility index (Phi) is 4.35. The van der Waals surface area contributed by atoms with Crippen molar-refractivity contribution in [3.05, 3.63) is 5.01 Å². The van der Waals surface area contributed by atoms with Crippen molar-refractivity contribution in [2.75, 3.05) is 23.4 Å². The van der Waals surface area contributed by atoms with Crippen LogP contribution in [0.15, 0.2) is 0 Å². The van der Waals surface area contributed by atoms with Crippen LogP contribution in [0.5, 0.6) is 0 Å². The summed E-state index contributed by atoms with van der Waals surface area (Å²) in [5.74, 6) is -0.209. The highest BCUT2D eigenvalue weighted by atomic mass is 32.2. The number of carbonyl (C=O) groups excluding carboxylic acids is 1. The molecule has 0 spiro atoms. The molecule has 1 unspecified atom stereocenters. The van der Waals surface area contributed by atoms with Crippen molar-refractivity contribution in [1.82, 2.24) is 15.5 Å². The van der Waals surface area contributed by atoms with Crippen LogP contribution in [0.4, 0.5) is 5.13 Å². The first-order valence-electron chi connectivity index (χ1n) is 6.09. The number of hydrogen-bond acceptors (Lipinski definition) is 7. The van der Waals surface area contributed by atoms with E-state index in [1.165, 1.54) is 11.3 Å². The van der Waals surface area contributed by atoms with Crippen LogP contribution in [0.2, 0.25) is 0 Å². The van der Waals surface area contributed by atoms with Gasteiger partial charge in [-0.15, -0.1) is 10.2 Å². The lowest BCUT2D eigenvalue weighted by Gasteiger charge is -2.08. The SMILES string of the molecule is CCCNc1nnc(C(=O)NC2CCS(=O)(=O)C2)s1. The largest absolute Gasteiger partial charge is 0.360 e. The molecular weight excluding hydrogens is 288 g/mol. The molecule has 2 heterocycles. The molecule has 1 amide bonds. The summed E-state index contributed by atoms with van der Waals surface area (Å²) in [6.07, 6.45) is 1.43. The van der Waals surface area contributed by atoms with Gasteiger partial charge >= 0.3 is 0 Å². The molecule has 106 valence electrons. The maximum absolute atomic E-state index is 11.9. The second kappa shape index (κ2) is 5.83. The van der Waals surface area contributed by atoms with Crippen molar-refractivity contribution in [3.63, 3.8) is 0 Å². The lowest BCUT2D eigenvalue weighted by atomic mass is 10.2. The third-order valence-corrected chi connectivity index (χ3v) is 5.36. The van der Waals surface area contributed by atoms with E-state index in [4.69, 9.17) is 0 Å². The number of carbonyl (C=O) groups is 1. The van der Waals surface area contributed by atoms with Crippen molar-refractivity contribution >= 4 is 32.2 Å².